The fourth-order valence-electron chi connectivity index (χ4n) is 3.32. The molecule has 1 saturated carbocycles. The second-order valence-electron chi connectivity index (χ2n) is 7.05. The summed E-state index contributed by atoms with van der Waals surface area (Å²) < 4.78 is 0.835. The number of amides is 2. The Hall–Kier alpha value is -2.47. The number of carbonyl (C=O) groups excluding carboxylic acids is 2. The van der Waals surface area contributed by atoms with E-state index in [1.165, 1.54) is 6.42 Å². The number of hydrazone groups is 1. The standard InChI is InChI=1S/C22H24BrN3O2/c1-15(25-26-22(28)18-10-5-11-19(23)13-18)17-9-6-12-20(14-17)24-21(27)16-7-3-2-4-8-16/h5-6,9-14,16H,2-4,7-8H2,1H3,(H,24,27)(H,26,28)/b25-15-. The van der Waals surface area contributed by atoms with Crippen molar-refractivity contribution in [1.29, 1.82) is 0 Å². The lowest BCUT2D eigenvalue weighted by Crippen LogP contribution is -2.24. The zero-order valence-electron chi connectivity index (χ0n) is 15.9. The summed E-state index contributed by atoms with van der Waals surface area (Å²) in [6, 6.07) is 14.7. The molecule has 146 valence electrons. The van der Waals surface area contributed by atoms with Crippen LogP contribution in [0, 0.1) is 5.92 Å². The van der Waals surface area contributed by atoms with Gasteiger partial charge in [0, 0.05) is 21.6 Å². The summed E-state index contributed by atoms with van der Waals surface area (Å²) in [7, 11) is 0. The minimum absolute atomic E-state index is 0.0920. The van der Waals surface area contributed by atoms with Crippen LogP contribution in [0.3, 0.4) is 0 Å². The van der Waals surface area contributed by atoms with Crippen LogP contribution in [0.25, 0.3) is 0 Å². The molecular formula is C22H24BrN3O2. The highest BCUT2D eigenvalue weighted by Gasteiger charge is 2.21. The summed E-state index contributed by atoms with van der Waals surface area (Å²) in [6.07, 6.45) is 5.41. The van der Waals surface area contributed by atoms with Crippen molar-refractivity contribution in [2.75, 3.05) is 5.32 Å². The minimum Gasteiger partial charge on any atom is -0.326 e. The number of halogens is 1. The molecule has 0 unspecified atom stereocenters. The first kappa shape index (κ1) is 20.3. The van der Waals surface area contributed by atoms with Gasteiger partial charge in [-0.05, 0) is 55.7 Å². The first-order valence-corrected chi connectivity index (χ1v) is 10.3. The number of hydrogen-bond donors (Lipinski definition) is 2. The summed E-state index contributed by atoms with van der Waals surface area (Å²) in [5.74, 6) is -0.0755. The van der Waals surface area contributed by atoms with E-state index in [-0.39, 0.29) is 17.7 Å². The van der Waals surface area contributed by atoms with Crippen LogP contribution in [-0.4, -0.2) is 17.5 Å². The van der Waals surface area contributed by atoms with Crippen molar-refractivity contribution in [3.05, 3.63) is 64.1 Å². The SMILES string of the molecule is C/C(=N/NC(=O)c1cccc(Br)c1)c1cccc(NC(=O)C2CCCCC2)c1. The van der Waals surface area contributed by atoms with E-state index in [0.717, 1.165) is 41.4 Å². The number of hydrogen-bond acceptors (Lipinski definition) is 3. The lowest BCUT2D eigenvalue weighted by Gasteiger charge is -2.20. The van der Waals surface area contributed by atoms with Crippen molar-refractivity contribution in [1.82, 2.24) is 5.43 Å². The Bertz CT molecular complexity index is 889. The molecule has 0 heterocycles. The Labute approximate surface area is 173 Å². The molecule has 0 spiro atoms. The van der Waals surface area contributed by atoms with E-state index in [1.54, 1.807) is 18.2 Å². The normalized spacial score (nSPS) is 15.1. The van der Waals surface area contributed by atoms with Crippen molar-refractivity contribution in [2.24, 2.45) is 11.0 Å². The largest absolute Gasteiger partial charge is 0.326 e. The molecule has 0 aliphatic heterocycles. The van der Waals surface area contributed by atoms with Gasteiger partial charge in [0.25, 0.3) is 5.91 Å². The van der Waals surface area contributed by atoms with Gasteiger partial charge >= 0.3 is 0 Å². The summed E-state index contributed by atoms with van der Waals surface area (Å²) >= 11 is 3.35. The smallest absolute Gasteiger partial charge is 0.271 e. The van der Waals surface area contributed by atoms with Crippen molar-refractivity contribution < 1.29 is 9.59 Å². The highest BCUT2D eigenvalue weighted by Crippen LogP contribution is 2.25. The number of carbonyl (C=O) groups is 2. The Morgan fingerprint density at radius 1 is 1.00 bits per heavy atom. The first-order chi connectivity index (χ1) is 13.5. The highest BCUT2D eigenvalue weighted by molar-refractivity contribution is 9.10. The van der Waals surface area contributed by atoms with Crippen LogP contribution in [0.1, 0.15) is 54.9 Å². The number of rotatable bonds is 5. The summed E-state index contributed by atoms with van der Waals surface area (Å²) in [4.78, 5) is 24.7. The molecule has 2 aromatic carbocycles. The molecule has 0 radical (unpaired) electrons. The van der Waals surface area contributed by atoms with Crippen molar-refractivity contribution >= 4 is 39.1 Å². The molecule has 2 aromatic rings. The lowest BCUT2D eigenvalue weighted by atomic mass is 9.88. The van der Waals surface area contributed by atoms with E-state index in [9.17, 15) is 9.59 Å². The molecule has 0 bridgehead atoms. The van der Waals surface area contributed by atoms with Crippen LogP contribution in [0.15, 0.2) is 58.1 Å². The van der Waals surface area contributed by atoms with Gasteiger partial charge in [-0.2, -0.15) is 5.10 Å². The van der Waals surface area contributed by atoms with Crippen LogP contribution in [0.2, 0.25) is 0 Å². The second-order valence-corrected chi connectivity index (χ2v) is 7.97. The van der Waals surface area contributed by atoms with E-state index < -0.39 is 0 Å². The Morgan fingerprint density at radius 3 is 2.46 bits per heavy atom. The van der Waals surface area contributed by atoms with Gasteiger partial charge in [0.15, 0.2) is 0 Å². The van der Waals surface area contributed by atoms with Gasteiger partial charge in [-0.25, -0.2) is 5.43 Å². The molecule has 0 atom stereocenters. The molecule has 1 fully saturated rings. The van der Waals surface area contributed by atoms with Gasteiger partial charge in [-0.3, -0.25) is 9.59 Å². The number of nitrogens with zero attached hydrogens (tertiary/aromatic N) is 1. The predicted molar refractivity (Wildman–Crippen MR) is 115 cm³/mol. The van der Waals surface area contributed by atoms with Crippen molar-refractivity contribution in [3.63, 3.8) is 0 Å². The average molecular weight is 442 g/mol. The maximum atomic E-state index is 12.4. The maximum absolute atomic E-state index is 12.4. The van der Waals surface area contributed by atoms with E-state index >= 15 is 0 Å². The van der Waals surface area contributed by atoms with Gasteiger partial charge in [-0.1, -0.05) is 53.4 Å². The quantitative estimate of drug-likeness (QED) is 0.498. The molecule has 0 saturated heterocycles. The summed E-state index contributed by atoms with van der Waals surface area (Å²) in [6.45, 7) is 1.82. The van der Waals surface area contributed by atoms with E-state index in [4.69, 9.17) is 0 Å². The molecular weight excluding hydrogens is 418 g/mol. The number of nitrogens with one attached hydrogen (secondary N) is 2. The molecule has 5 nitrogen and oxygen atoms in total. The van der Waals surface area contributed by atoms with Crippen molar-refractivity contribution in [3.8, 4) is 0 Å². The zero-order chi connectivity index (χ0) is 19.9. The van der Waals surface area contributed by atoms with E-state index in [0.29, 0.717) is 11.3 Å². The molecule has 3 rings (SSSR count). The summed E-state index contributed by atoms with van der Waals surface area (Å²) in [5.41, 5.74) is 5.36. The number of benzene rings is 2. The van der Waals surface area contributed by atoms with Crippen LogP contribution in [0.5, 0.6) is 0 Å². The minimum atomic E-state index is -0.276. The average Bonchev–Trinajstić information content (AvgIpc) is 2.72. The van der Waals surface area contributed by atoms with Gasteiger partial charge in [0.05, 0.1) is 5.71 Å². The van der Waals surface area contributed by atoms with Crippen LogP contribution < -0.4 is 10.7 Å². The fraction of sp³-hybridized carbons (Fsp3) is 0.318. The maximum Gasteiger partial charge on any atom is 0.271 e. The third-order valence-electron chi connectivity index (χ3n) is 4.94. The molecule has 0 aromatic heterocycles. The zero-order valence-corrected chi connectivity index (χ0v) is 17.5. The third kappa shape index (κ3) is 5.52. The van der Waals surface area contributed by atoms with Crippen LogP contribution >= 0.6 is 15.9 Å². The topological polar surface area (TPSA) is 70.6 Å². The van der Waals surface area contributed by atoms with Crippen LogP contribution in [0.4, 0.5) is 5.69 Å². The predicted octanol–water partition coefficient (Wildman–Crippen LogP) is 5.12. The Kier molecular flexibility index (Phi) is 6.98. The highest BCUT2D eigenvalue weighted by atomic mass is 79.9. The monoisotopic (exact) mass is 441 g/mol. The first-order valence-electron chi connectivity index (χ1n) is 9.54. The second kappa shape index (κ2) is 9.64. The van der Waals surface area contributed by atoms with E-state index in [1.807, 2.05) is 37.3 Å². The van der Waals surface area contributed by atoms with Crippen molar-refractivity contribution in [2.45, 2.75) is 39.0 Å². The number of anilines is 1. The molecule has 28 heavy (non-hydrogen) atoms. The van der Waals surface area contributed by atoms with Gasteiger partial charge in [0.1, 0.15) is 0 Å². The van der Waals surface area contributed by atoms with Gasteiger partial charge in [-0.15, -0.1) is 0 Å². The molecule has 2 N–H and O–H groups in total. The van der Waals surface area contributed by atoms with Gasteiger partial charge in [0.2, 0.25) is 5.91 Å². The summed E-state index contributed by atoms with van der Waals surface area (Å²) in [5, 5.41) is 7.22. The molecule has 2 amide bonds. The Balaban J connectivity index is 1.64. The molecule has 1 aliphatic carbocycles. The van der Waals surface area contributed by atoms with Crippen LogP contribution in [-0.2, 0) is 4.79 Å². The molecule has 6 heteroatoms. The molecule has 1 aliphatic rings. The van der Waals surface area contributed by atoms with E-state index in [2.05, 4.69) is 31.8 Å². The van der Waals surface area contributed by atoms with Gasteiger partial charge < -0.3 is 5.32 Å². The third-order valence-corrected chi connectivity index (χ3v) is 5.43. The fourth-order valence-corrected chi connectivity index (χ4v) is 3.72. The Morgan fingerprint density at radius 2 is 1.71 bits per heavy atom. The lowest BCUT2D eigenvalue weighted by molar-refractivity contribution is -0.120.